The molecule has 30 heavy (non-hydrogen) atoms. The zero-order valence-electron chi connectivity index (χ0n) is 18.0. The highest BCUT2D eigenvalue weighted by atomic mass is 16.6. The second kappa shape index (κ2) is 8.13. The van der Waals surface area contributed by atoms with E-state index in [9.17, 15) is 9.59 Å². The van der Waals surface area contributed by atoms with Gasteiger partial charge in [-0.15, -0.1) is 5.10 Å². The summed E-state index contributed by atoms with van der Waals surface area (Å²) in [4.78, 5) is 37.7. The Labute approximate surface area is 173 Å². The number of aromatic nitrogens is 5. The van der Waals surface area contributed by atoms with Crippen LogP contribution in [0.4, 0.5) is 4.79 Å². The first-order valence-corrected chi connectivity index (χ1v) is 9.62. The van der Waals surface area contributed by atoms with Gasteiger partial charge in [-0.3, -0.25) is 9.78 Å². The lowest BCUT2D eigenvalue weighted by Gasteiger charge is -2.30. The number of hydrogen-bond donors (Lipinski definition) is 1. The van der Waals surface area contributed by atoms with Crippen LogP contribution in [-0.2, 0) is 4.74 Å². The molecular formula is C20H26N6O4. The van der Waals surface area contributed by atoms with Crippen LogP contribution >= 0.6 is 0 Å². The predicted octanol–water partition coefficient (Wildman–Crippen LogP) is 2.81. The Hall–Kier alpha value is -3.43. The van der Waals surface area contributed by atoms with Crippen LogP contribution in [0.2, 0.25) is 0 Å². The van der Waals surface area contributed by atoms with Gasteiger partial charge in [-0.25, -0.2) is 14.3 Å². The Kier molecular flexibility index (Phi) is 5.77. The lowest BCUT2D eigenvalue weighted by atomic mass is 10.1. The molecule has 3 rings (SSSR count). The average molecular weight is 414 g/mol. The van der Waals surface area contributed by atoms with Crippen LogP contribution in [0.25, 0.3) is 17.0 Å². The van der Waals surface area contributed by atoms with Gasteiger partial charge in [-0.1, -0.05) is 0 Å². The highest BCUT2D eigenvalue weighted by Crippen LogP contribution is 2.30. The number of methoxy groups -OCH3 is 1. The number of rotatable bonds is 5. The number of amides is 1. The number of H-pyrrole nitrogens is 1. The van der Waals surface area contributed by atoms with Crippen molar-refractivity contribution in [2.24, 2.45) is 0 Å². The maximum atomic E-state index is 12.6. The number of fused-ring (bicyclic) bond motifs is 1. The van der Waals surface area contributed by atoms with Crippen molar-refractivity contribution in [3.8, 4) is 17.1 Å². The summed E-state index contributed by atoms with van der Waals surface area (Å²) in [6, 6.07) is 1.37. The van der Waals surface area contributed by atoms with Crippen LogP contribution in [-0.4, -0.2) is 54.8 Å². The second-order valence-corrected chi connectivity index (χ2v) is 7.75. The number of nitrogens with one attached hydrogen (secondary N) is 1. The van der Waals surface area contributed by atoms with Crippen molar-refractivity contribution in [1.29, 1.82) is 0 Å². The monoisotopic (exact) mass is 414 g/mol. The standard InChI is InChI=1S/C20H26N6O4/c1-7-25(19(28)30-20(3,4)5)12(2)14-10-13(15(29-6)11-22-14)16-23-18(27)17-21-8-9-26(17)24-16/h8-12H,7H2,1-6H3,(H,23,24,27)/t12-/m1/s1. The maximum Gasteiger partial charge on any atom is 0.410 e. The zero-order valence-corrected chi connectivity index (χ0v) is 18.0. The van der Waals surface area contributed by atoms with Crippen molar-refractivity contribution in [2.75, 3.05) is 13.7 Å². The van der Waals surface area contributed by atoms with E-state index in [1.54, 1.807) is 23.4 Å². The van der Waals surface area contributed by atoms with Gasteiger partial charge in [0.15, 0.2) is 5.82 Å². The minimum atomic E-state index is -0.605. The fourth-order valence-corrected chi connectivity index (χ4v) is 3.03. The zero-order chi connectivity index (χ0) is 22.1. The van der Waals surface area contributed by atoms with Crippen LogP contribution in [0.3, 0.4) is 0 Å². The molecule has 1 amide bonds. The topological polar surface area (TPSA) is 115 Å². The molecule has 3 aromatic rings. The van der Waals surface area contributed by atoms with Crippen LogP contribution in [0, 0.1) is 0 Å². The van der Waals surface area contributed by atoms with Crippen molar-refractivity contribution in [2.45, 2.75) is 46.3 Å². The summed E-state index contributed by atoms with van der Waals surface area (Å²) in [5.41, 5.74) is 0.367. The van der Waals surface area contributed by atoms with Gasteiger partial charge in [0.25, 0.3) is 5.56 Å². The number of pyridine rings is 1. The Morgan fingerprint density at radius 3 is 2.70 bits per heavy atom. The normalized spacial score (nSPS) is 12.6. The Balaban J connectivity index is 2.02. The molecule has 0 bridgehead atoms. The summed E-state index contributed by atoms with van der Waals surface area (Å²) in [5, 5.41) is 4.41. The third-order valence-corrected chi connectivity index (χ3v) is 4.49. The maximum absolute atomic E-state index is 12.6. The van der Waals surface area contributed by atoms with E-state index in [0.29, 0.717) is 29.4 Å². The number of carbonyl (C=O) groups excluding carboxylic acids is 1. The molecule has 0 radical (unpaired) electrons. The van der Waals surface area contributed by atoms with Gasteiger partial charge in [0.2, 0.25) is 5.65 Å². The molecule has 10 nitrogen and oxygen atoms in total. The van der Waals surface area contributed by atoms with E-state index in [0.717, 1.165) is 0 Å². The summed E-state index contributed by atoms with van der Waals surface area (Å²) < 4.78 is 12.3. The van der Waals surface area contributed by atoms with Gasteiger partial charge in [0, 0.05) is 18.9 Å². The molecule has 0 aliphatic heterocycles. The van der Waals surface area contributed by atoms with Crippen LogP contribution in [0.5, 0.6) is 5.75 Å². The third kappa shape index (κ3) is 4.27. The second-order valence-electron chi connectivity index (χ2n) is 7.75. The quantitative estimate of drug-likeness (QED) is 0.682. The molecule has 0 saturated carbocycles. The molecule has 1 atom stereocenters. The first-order chi connectivity index (χ1) is 14.1. The van der Waals surface area contributed by atoms with Gasteiger partial charge < -0.3 is 19.4 Å². The molecule has 0 spiro atoms. The first kappa shape index (κ1) is 21.3. The summed E-state index contributed by atoms with van der Waals surface area (Å²) >= 11 is 0. The molecule has 0 saturated heterocycles. The molecule has 0 aromatic carbocycles. The van der Waals surface area contributed by atoms with E-state index in [4.69, 9.17) is 9.47 Å². The minimum absolute atomic E-state index is 0.197. The SMILES string of the molecule is CCN(C(=O)OC(C)(C)C)[C@H](C)c1cc(-c2nn3ccnc3c(=O)[nH]2)c(OC)cn1. The molecule has 0 aliphatic rings. The van der Waals surface area contributed by atoms with E-state index in [2.05, 4.69) is 20.1 Å². The van der Waals surface area contributed by atoms with E-state index in [1.807, 2.05) is 34.6 Å². The molecule has 160 valence electrons. The van der Waals surface area contributed by atoms with E-state index in [1.165, 1.54) is 17.8 Å². The Morgan fingerprint density at radius 2 is 2.07 bits per heavy atom. The van der Waals surface area contributed by atoms with Gasteiger partial charge in [-0.05, 0) is 40.7 Å². The number of hydrogen-bond acceptors (Lipinski definition) is 7. The Bertz CT molecular complexity index is 1110. The van der Waals surface area contributed by atoms with Crippen LogP contribution < -0.4 is 10.3 Å². The minimum Gasteiger partial charge on any atom is -0.494 e. The van der Waals surface area contributed by atoms with E-state index >= 15 is 0 Å². The van der Waals surface area contributed by atoms with Crippen LogP contribution in [0.15, 0.2) is 29.5 Å². The predicted molar refractivity (Wildman–Crippen MR) is 110 cm³/mol. The molecule has 0 fully saturated rings. The summed E-state index contributed by atoms with van der Waals surface area (Å²) in [7, 11) is 1.51. The van der Waals surface area contributed by atoms with E-state index < -0.39 is 11.7 Å². The summed E-state index contributed by atoms with van der Waals surface area (Å²) in [5.74, 6) is 0.743. The lowest BCUT2D eigenvalue weighted by molar-refractivity contribution is 0.0182. The highest BCUT2D eigenvalue weighted by Gasteiger charge is 2.27. The highest BCUT2D eigenvalue weighted by molar-refractivity contribution is 5.69. The van der Waals surface area contributed by atoms with Gasteiger partial charge in [-0.2, -0.15) is 0 Å². The number of ether oxygens (including phenoxy) is 2. The third-order valence-electron chi connectivity index (χ3n) is 4.49. The van der Waals surface area contributed by atoms with Crippen molar-refractivity contribution >= 4 is 11.7 Å². The first-order valence-electron chi connectivity index (χ1n) is 9.62. The smallest absolute Gasteiger partial charge is 0.410 e. The molecule has 1 N–H and O–H groups in total. The number of nitrogens with zero attached hydrogens (tertiary/aromatic N) is 5. The molecule has 3 aromatic heterocycles. The van der Waals surface area contributed by atoms with Crippen molar-refractivity contribution < 1.29 is 14.3 Å². The average Bonchev–Trinajstić information content (AvgIpc) is 3.15. The summed E-state index contributed by atoms with van der Waals surface area (Å²) in [6.07, 6.45) is 4.20. The van der Waals surface area contributed by atoms with Crippen molar-refractivity contribution in [1.82, 2.24) is 29.5 Å². The lowest BCUT2D eigenvalue weighted by Crippen LogP contribution is -2.38. The van der Waals surface area contributed by atoms with Crippen molar-refractivity contribution in [3.63, 3.8) is 0 Å². The van der Waals surface area contributed by atoms with E-state index in [-0.39, 0.29) is 17.2 Å². The van der Waals surface area contributed by atoms with Crippen molar-refractivity contribution in [3.05, 3.63) is 40.7 Å². The van der Waals surface area contributed by atoms with Gasteiger partial charge >= 0.3 is 6.09 Å². The number of aromatic amines is 1. The molecule has 10 heteroatoms. The molecule has 3 heterocycles. The molecule has 0 aliphatic carbocycles. The van der Waals surface area contributed by atoms with Gasteiger partial charge in [0.1, 0.15) is 11.4 Å². The number of imidazole rings is 1. The fourth-order valence-electron chi connectivity index (χ4n) is 3.03. The molecular weight excluding hydrogens is 388 g/mol. The summed E-state index contributed by atoms with van der Waals surface area (Å²) in [6.45, 7) is 9.64. The molecule has 0 unspecified atom stereocenters. The fraction of sp³-hybridized carbons (Fsp3) is 0.450. The largest absolute Gasteiger partial charge is 0.494 e. The number of carbonyl (C=O) groups is 1. The Morgan fingerprint density at radius 1 is 1.33 bits per heavy atom. The van der Waals surface area contributed by atoms with Gasteiger partial charge in [0.05, 0.1) is 30.6 Å². The van der Waals surface area contributed by atoms with Crippen LogP contribution in [0.1, 0.15) is 46.4 Å².